The lowest BCUT2D eigenvalue weighted by Gasteiger charge is -2.39. The molecular weight excluding hydrogens is 294 g/mol. The number of amides is 1. The van der Waals surface area contributed by atoms with Crippen molar-refractivity contribution >= 4 is 17.4 Å². The molecule has 0 saturated carbocycles. The van der Waals surface area contributed by atoms with Crippen LogP contribution in [0, 0.1) is 5.92 Å². The van der Waals surface area contributed by atoms with Crippen molar-refractivity contribution in [1.82, 2.24) is 0 Å². The molecule has 2 aliphatic rings. The lowest BCUT2D eigenvalue weighted by Crippen LogP contribution is -2.54. The van der Waals surface area contributed by atoms with Crippen LogP contribution in [-0.4, -0.2) is 35.5 Å². The molecule has 1 fully saturated rings. The minimum absolute atomic E-state index is 0.0579. The normalized spacial score (nSPS) is 29.7. The highest BCUT2D eigenvalue weighted by Crippen LogP contribution is 2.47. The SMILES string of the molecule is CCCN1C(=O)[C@](O)([C@H]2COC(C)(C)CC2=O)c2ccccc21. The maximum atomic E-state index is 12.9. The second-order valence-electron chi connectivity index (χ2n) is 7.01. The Labute approximate surface area is 136 Å². The summed E-state index contributed by atoms with van der Waals surface area (Å²) in [5.41, 5.74) is -1.16. The number of nitrogens with zero attached hydrogens (tertiary/aromatic N) is 1. The number of ketones is 1. The molecule has 1 aromatic rings. The van der Waals surface area contributed by atoms with Gasteiger partial charge in [-0.1, -0.05) is 25.1 Å². The molecule has 2 atom stereocenters. The summed E-state index contributed by atoms with van der Waals surface area (Å²) in [4.78, 5) is 27.1. The van der Waals surface area contributed by atoms with Crippen LogP contribution in [0.4, 0.5) is 5.69 Å². The number of anilines is 1. The molecular formula is C18H23NO4. The van der Waals surface area contributed by atoms with E-state index in [1.807, 2.05) is 32.9 Å². The van der Waals surface area contributed by atoms with Gasteiger partial charge < -0.3 is 14.7 Å². The number of carbonyl (C=O) groups is 2. The summed E-state index contributed by atoms with van der Waals surface area (Å²) < 4.78 is 5.73. The van der Waals surface area contributed by atoms with Crippen LogP contribution in [0.3, 0.4) is 0 Å². The van der Waals surface area contributed by atoms with Crippen molar-refractivity contribution in [3.05, 3.63) is 29.8 Å². The lowest BCUT2D eigenvalue weighted by molar-refractivity contribution is -0.172. The highest BCUT2D eigenvalue weighted by Gasteiger charge is 2.58. The van der Waals surface area contributed by atoms with Gasteiger partial charge in [-0.25, -0.2) is 0 Å². The van der Waals surface area contributed by atoms with E-state index in [0.29, 0.717) is 17.8 Å². The highest BCUT2D eigenvalue weighted by atomic mass is 16.5. The van der Waals surface area contributed by atoms with Crippen LogP contribution in [0.1, 0.15) is 39.2 Å². The molecule has 0 radical (unpaired) electrons. The zero-order chi connectivity index (χ0) is 16.8. The molecule has 0 aliphatic carbocycles. The van der Waals surface area contributed by atoms with Crippen molar-refractivity contribution in [3.8, 4) is 0 Å². The first kappa shape index (κ1) is 16.1. The Morgan fingerprint density at radius 2 is 2.00 bits per heavy atom. The Hall–Kier alpha value is -1.72. The van der Waals surface area contributed by atoms with E-state index < -0.39 is 23.0 Å². The van der Waals surface area contributed by atoms with Crippen molar-refractivity contribution in [2.24, 2.45) is 5.92 Å². The molecule has 0 spiro atoms. The van der Waals surface area contributed by atoms with Gasteiger partial charge in [-0.3, -0.25) is 9.59 Å². The van der Waals surface area contributed by atoms with Gasteiger partial charge in [-0.2, -0.15) is 0 Å². The zero-order valence-electron chi connectivity index (χ0n) is 13.8. The summed E-state index contributed by atoms with van der Waals surface area (Å²) in [5.74, 6) is -1.39. The van der Waals surface area contributed by atoms with Gasteiger partial charge in [-0.05, 0) is 26.3 Å². The molecule has 1 aromatic carbocycles. The second-order valence-corrected chi connectivity index (χ2v) is 7.01. The number of ether oxygens (including phenoxy) is 1. The standard InChI is InChI=1S/C18H23NO4/c1-4-9-19-14-8-6-5-7-12(14)18(22,16(19)21)13-11-23-17(2,3)10-15(13)20/h5-8,13,22H,4,9-11H2,1-3H3/t13-,18+/m0/s1. The molecule has 5 nitrogen and oxygen atoms in total. The molecule has 23 heavy (non-hydrogen) atoms. The summed E-state index contributed by atoms with van der Waals surface area (Å²) in [7, 11) is 0. The zero-order valence-corrected chi connectivity index (χ0v) is 13.8. The topological polar surface area (TPSA) is 66.8 Å². The fourth-order valence-corrected chi connectivity index (χ4v) is 3.59. The molecule has 3 rings (SSSR count). The number of Topliss-reactive ketones (excluding diaryl/α,β-unsaturated/α-hetero) is 1. The Bertz CT molecular complexity index is 654. The van der Waals surface area contributed by atoms with E-state index in [1.54, 1.807) is 17.0 Å². The van der Waals surface area contributed by atoms with E-state index in [-0.39, 0.29) is 18.8 Å². The fourth-order valence-electron chi connectivity index (χ4n) is 3.59. The van der Waals surface area contributed by atoms with Crippen LogP contribution >= 0.6 is 0 Å². The number of aliphatic hydroxyl groups is 1. The third-order valence-corrected chi connectivity index (χ3v) is 4.76. The molecule has 0 aromatic heterocycles. The first-order valence-corrected chi connectivity index (χ1v) is 8.12. The van der Waals surface area contributed by atoms with Crippen molar-refractivity contribution < 1.29 is 19.4 Å². The van der Waals surface area contributed by atoms with Gasteiger partial charge >= 0.3 is 0 Å². The molecule has 2 heterocycles. The van der Waals surface area contributed by atoms with Gasteiger partial charge in [-0.15, -0.1) is 0 Å². The minimum atomic E-state index is -1.82. The third-order valence-electron chi connectivity index (χ3n) is 4.76. The monoisotopic (exact) mass is 317 g/mol. The maximum absolute atomic E-state index is 12.9. The number of hydrogen-bond donors (Lipinski definition) is 1. The molecule has 5 heteroatoms. The Morgan fingerprint density at radius 1 is 1.30 bits per heavy atom. The predicted molar refractivity (Wildman–Crippen MR) is 86.1 cm³/mol. The fraction of sp³-hybridized carbons (Fsp3) is 0.556. The smallest absolute Gasteiger partial charge is 0.264 e. The minimum Gasteiger partial charge on any atom is -0.375 e. The van der Waals surface area contributed by atoms with Crippen molar-refractivity contribution in [2.75, 3.05) is 18.1 Å². The van der Waals surface area contributed by atoms with Gasteiger partial charge in [0.25, 0.3) is 5.91 Å². The Balaban J connectivity index is 2.04. The summed E-state index contributed by atoms with van der Waals surface area (Å²) in [6, 6.07) is 7.17. The van der Waals surface area contributed by atoms with Crippen LogP contribution in [0.25, 0.3) is 0 Å². The largest absolute Gasteiger partial charge is 0.375 e. The van der Waals surface area contributed by atoms with Crippen molar-refractivity contribution in [2.45, 2.75) is 44.8 Å². The summed E-state index contributed by atoms with van der Waals surface area (Å²) in [5, 5.41) is 11.3. The van der Waals surface area contributed by atoms with Gasteiger partial charge in [0.15, 0.2) is 5.60 Å². The average molecular weight is 317 g/mol. The van der Waals surface area contributed by atoms with Crippen LogP contribution in [0.5, 0.6) is 0 Å². The third kappa shape index (κ3) is 2.39. The van der Waals surface area contributed by atoms with Gasteiger partial charge in [0.05, 0.1) is 23.8 Å². The van der Waals surface area contributed by atoms with E-state index in [2.05, 4.69) is 0 Å². The number of fused-ring (bicyclic) bond motifs is 1. The predicted octanol–water partition coefficient (Wildman–Crippen LogP) is 2.01. The Kier molecular flexibility index (Phi) is 3.81. The summed E-state index contributed by atoms with van der Waals surface area (Å²) >= 11 is 0. The lowest BCUT2D eigenvalue weighted by atomic mass is 9.76. The van der Waals surface area contributed by atoms with Crippen molar-refractivity contribution in [3.63, 3.8) is 0 Å². The van der Waals surface area contributed by atoms with E-state index in [9.17, 15) is 14.7 Å². The number of rotatable bonds is 3. The first-order chi connectivity index (χ1) is 10.8. The van der Waals surface area contributed by atoms with E-state index in [1.165, 1.54) is 0 Å². The van der Waals surface area contributed by atoms with E-state index in [4.69, 9.17) is 4.74 Å². The molecule has 124 valence electrons. The van der Waals surface area contributed by atoms with E-state index in [0.717, 1.165) is 6.42 Å². The summed E-state index contributed by atoms with van der Waals surface area (Å²) in [6.07, 6.45) is 0.974. The Morgan fingerprint density at radius 3 is 2.65 bits per heavy atom. The first-order valence-electron chi connectivity index (χ1n) is 8.12. The molecule has 0 unspecified atom stereocenters. The number of benzene rings is 1. The van der Waals surface area contributed by atoms with Crippen LogP contribution < -0.4 is 4.90 Å². The number of para-hydroxylation sites is 1. The van der Waals surface area contributed by atoms with E-state index >= 15 is 0 Å². The highest BCUT2D eigenvalue weighted by molar-refractivity contribution is 6.09. The van der Waals surface area contributed by atoms with Crippen LogP contribution in [0.2, 0.25) is 0 Å². The van der Waals surface area contributed by atoms with Crippen LogP contribution in [-0.2, 0) is 19.9 Å². The summed E-state index contributed by atoms with van der Waals surface area (Å²) in [6.45, 7) is 6.25. The molecule has 1 saturated heterocycles. The van der Waals surface area contributed by atoms with Gasteiger partial charge in [0, 0.05) is 18.5 Å². The molecule has 1 N–H and O–H groups in total. The molecule has 1 amide bonds. The van der Waals surface area contributed by atoms with Crippen molar-refractivity contribution in [1.29, 1.82) is 0 Å². The quantitative estimate of drug-likeness (QED) is 0.926. The van der Waals surface area contributed by atoms with Gasteiger partial charge in [0.1, 0.15) is 5.78 Å². The van der Waals surface area contributed by atoms with Crippen LogP contribution in [0.15, 0.2) is 24.3 Å². The number of carbonyl (C=O) groups excluding carboxylic acids is 2. The molecule has 0 bridgehead atoms. The average Bonchev–Trinajstić information content (AvgIpc) is 2.70. The maximum Gasteiger partial charge on any atom is 0.264 e. The second kappa shape index (κ2) is 5.42. The molecule has 2 aliphatic heterocycles. The van der Waals surface area contributed by atoms with Gasteiger partial charge in [0.2, 0.25) is 0 Å². The number of hydrogen-bond acceptors (Lipinski definition) is 4.